The summed E-state index contributed by atoms with van der Waals surface area (Å²) in [6.07, 6.45) is 4.81. The van der Waals surface area contributed by atoms with Gasteiger partial charge >= 0.3 is 0 Å². The molecule has 2 aromatic rings. The van der Waals surface area contributed by atoms with E-state index in [1.165, 1.54) is 6.26 Å². The standard InChI is InChI=1S/C24H31N3O6/c1-3-31-20-16-18(26-24(30)19-9-8-14-33-19)21(32-4-2)15-17(20)25-22(28)10-11-23(29)27-12-6-5-7-13-27/h8-9,14-16H,3-7,10-13H2,1-2H3,(H,25,28)(H,26,30). The highest BCUT2D eigenvalue weighted by molar-refractivity contribution is 6.04. The number of hydrogen-bond donors (Lipinski definition) is 2. The van der Waals surface area contributed by atoms with E-state index in [9.17, 15) is 14.4 Å². The first-order chi connectivity index (χ1) is 16.0. The molecule has 33 heavy (non-hydrogen) atoms. The second-order valence-electron chi connectivity index (χ2n) is 7.63. The fourth-order valence-electron chi connectivity index (χ4n) is 3.63. The Bertz CT molecular complexity index is 951. The molecule has 1 aromatic heterocycles. The fraction of sp³-hybridized carbons (Fsp3) is 0.458. The number of hydrogen-bond acceptors (Lipinski definition) is 6. The molecule has 0 spiro atoms. The van der Waals surface area contributed by atoms with E-state index >= 15 is 0 Å². The summed E-state index contributed by atoms with van der Waals surface area (Å²) in [5.74, 6) is 0.187. The third-order valence-corrected chi connectivity index (χ3v) is 5.22. The van der Waals surface area contributed by atoms with E-state index in [1.807, 2.05) is 18.7 Å². The van der Waals surface area contributed by atoms with E-state index in [0.717, 1.165) is 32.4 Å². The molecule has 1 aromatic carbocycles. The Balaban J connectivity index is 1.71. The van der Waals surface area contributed by atoms with Crippen molar-refractivity contribution >= 4 is 29.1 Å². The van der Waals surface area contributed by atoms with E-state index in [4.69, 9.17) is 13.9 Å². The maximum Gasteiger partial charge on any atom is 0.291 e. The van der Waals surface area contributed by atoms with Gasteiger partial charge in [-0.05, 0) is 45.2 Å². The van der Waals surface area contributed by atoms with Gasteiger partial charge in [-0.25, -0.2) is 0 Å². The molecule has 2 heterocycles. The van der Waals surface area contributed by atoms with Crippen molar-refractivity contribution in [2.75, 3.05) is 36.9 Å². The summed E-state index contributed by atoms with van der Waals surface area (Å²) in [6, 6.07) is 6.39. The Kier molecular flexibility index (Phi) is 8.74. The van der Waals surface area contributed by atoms with Crippen LogP contribution < -0.4 is 20.1 Å². The van der Waals surface area contributed by atoms with Crippen LogP contribution in [0.4, 0.5) is 11.4 Å². The monoisotopic (exact) mass is 457 g/mol. The first-order valence-electron chi connectivity index (χ1n) is 11.4. The topological polar surface area (TPSA) is 110 Å². The molecule has 0 aliphatic carbocycles. The number of carbonyl (C=O) groups is 3. The van der Waals surface area contributed by atoms with E-state index < -0.39 is 5.91 Å². The number of anilines is 2. The molecule has 1 saturated heterocycles. The summed E-state index contributed by atoms with van der Waals surface area (Å²) < 4.78 is 16.5. The number of amides is 3. The number of ether oxygens (including phenoxy) is 2. The highest BCUT2D eigenvalue weighted by Crippen LogP contribution is 2.37. The Morgan fingerprint density at radius 2 is 1.58 bits per heavy atom. The molecule has 0 radical (unpaired) electrons. The van der Waals surface area contributed by atoms with Crippen molar-refractivity contribution in [3.05, 3.63) is 36.3 Å². The third-order valence-electron chi connectivity index (χ3n) is 5.22. The molecule has 1 fully saturated rings. The zero-order valence-electron chi connectivity index (χ0n) is 19.1. The number of furan rings is 1. The molecule has 1 aliphatic rings. The first kappa shape index (κ1) is 24.2. The maximum absolute atomic E-state index is 12.6. The smallest absolute Gasteiger partial charge is 0.291 e. The summed E-state index contributed by atoms with van der Waals surface area (Å²) >= 11 is 0. The molecular weight excluding hydrogens is 426 g/mol. The van der Waals surface area contributed by atoms with Gasteiger partial charge in [-0.2, -0.15) is 0 Å². The van der Waals surface area contributed by atoms with Crippen LogP contribution in [0.1, 0.15) is 56.5 Å². The van der Waals surface area contributed by atoms with Gasteiger partial charge in [0.2, 0.25) is 11.8 Å². The van der Waals surface area contributed by atoms with E-state index in [1.54, 1.807) is 24.3 Å². The Morgan fingerprint density at radius 3 is 2.15 bits per heavy atom. The summed E-state index contributed by atoms with van der Waals surface area (Å²) in [5.41, 5.74) is 0.798. The SMILES string of the molecule is CCOc1cc(NC(=O)c2ccco2)c(OCC)cc1NC(=O)CCC(=O)N1CCCCC1. The minimum Gasteiger partial charge on any atom is -0.492 e. The molecular formula is C24H31N3O6. The number of piperidine rings is 1. The molecule has 9 heteroatoms. The van der Waals surface area contributed by atoms with Gasteiger partial charge in [0.25, 0.3) is 5.91 Å². The zero-order valence-corrected chi connectivity index (χ0v) is 19.1. The molecule has 3 rings (SSSR count). The van der Waals surface area contributed by atoms with Gasteiger partial charge in [0.15, 0.2) is 5.76 Å². The number of carbonyl (C=O) groups excluding carboxylic acids is 3. The largest absolute Gasteiger partial charge is 0.492 e. The molecule has 0 atom stereocenters. The second-order valence-corrected chi connectivity index (χ2v) is 7.63. The van der Waals surface area contributed by atoms with Gasteiger partial charge in [0.1, 0.15) is 11.5 Å². The summed E-state index contributed by atoms with van der Waals surface area (Å²) in [4.78, 5) is 39.2. The highest BCUT2D eigenvalue weighted by atomic mass is 16.5. The van der Waals surface area contributed by atoms with Crippen LogP contribution in [0.15, 0.2) is 34.9 Å². The molecule has 3 amide bonds. The first-order valence-corrected chi connectivity index (χ1v) is 11.4. The zero-order chi connectivity index (χ0) is 23.6. The molecule has 0 saturated carbocycles. The molecule has 9 nitrogen and oxygen atoms in total. The van der Waals surface area contributed by atoms with Gasteiger partial charge in [0.05, 0.1) is 30.9 Å². The Morgan fingerprint density at radius 1 is 0.939 bits per heavy atom. The summed E-state index contributed by atoms with van der Waals surface area (Å²) in [6.45, 7) is 5.88. The van der Waals surface area contributed by atoms with Gasteiger partial charge in [-0.3, -0.25) is 14.4 Å². The van der Waals surface area contributed by atoms with Crippen molar-refractivity contribution < 1.29 is 28.3 Å². The van der Waals surface area contributed by atoms with Gasteiger partial charge in [0, 0.05) is 38.1 Å². The lowest BCUT2D eigenvalue weighted by molar-refractivity contribution is -0.133. The van der Waals surface area contributed by atoms with Crippen LogP contribution in [0, 0.1) is 0 Å². The molecule has 1 aliphatic heterocycles. The predicted molar refractivity (Wildman–Crippen MR) is 124 cm³/mol. The van der Waals surface area contributed by atoms with Crippen molar-refractivity contribution in [3.8, 4) is 11.5 Å². The van der Waals surface area contributed by atoms with Crippen LogP contribution in [-0.2, 0) is 9.59 Å². The number of rotatable bonds is 10. The van der Waals surface area contributed by atoms with E-state index in [0.29, 0.717) is 36.1 Å². The summed E-state index contributed by atoms with van der Waals surface area (Å²) in [5, 5.41) is 5.57. The average Bonchev–Trinajstić information content (AvgIpc) is 3.36. The van der Waals surface area contributed by atoms with Crippen molar-refractivity contribution in [2.24, 2.45) is 0 Å². The van der Waals surface area contributed by atoms with E-state index in [2.05, 4.69) is 10.6 Å². The minimum atomic E-state index is -0.434. The van der Waals surface area contributed by atoms with Crippen molar-refractivity contribution in [2.45, 2.75) is 46.0 Å². The number of likely N-dealkylation sites (tertiary alicyclic amines) is 1. The van der Waals surface area contributed by atoms with Gasteiger partial charge in [-0.1, -0.05) is 0 Å². The van der Waals surface area contributed by atoms with Crippen LogP contribution in [-0.4, -0.2) is 48.9 Å². The number of nitrogens with one attached hydrogen (secondary N) is 2. The van der Waals surface area contributed by atoms with E-state index in [-0.39, 0.29) is 30.4 Å². The van der Waals surface area contributed by atoms with Crippen LogP contribution in [0.3, 0.4) is 0 Å². The lowest BCUT2D eigenvalue weighted by Crippen LogP contribution is -2.35. The van der Waals surface area contributed by atoms with Gasteiger partial charge < -0.3 is 29.4 Å². The molecule has 2 N–H and O–H groups in total. The fourth-order valence-corrected chi connectivity index (χ4v) is 3.63. The van der Waals surface area contributed by atoms with Crippen LogP contribution in [0.25, 0.3) is 0 Å². The van der Waals surface area contributed by atoms with Crippen molar-refractivity contribution in [3.63, 3.8) is 0 Å². The predicted octanol–water partition coefficient (Wildman–Crippen LogP) is 4.06. The second kappa shape index (κ2) is 11.9. The molecule has 178 valence electrons. The van der Waals surface area contributed by atoms with Crippen LogP contribution >= 0.6 is 0 Å². The number of benzene rings is 1. The van der Waals surface area contributed by atoms with Crippen LogP contribution in [0.2, 0.25) is 0 Å². The average molecular weight is 458 g/mol. The van der Waals surface area contributed by atoms with Crippen LogP contribution in [0.5, 0.6) is 11.5 Å². The maximum atomic E-state index is 12.6. The molecule has 0 bridgehead atoms. The minimum absolute atomic E-state index is 0.000809. The lowest BCUT2D eigenvalue weighted by atomic mass is 10.1. The summed E-state index contributed by atoms with van der Waals surface area (Å²) in [7, 11) is 0. The molecule has 0 unspecified atom stereocenters. The lowest BCUT2D eigenvalue weighted by Gasteiger charge is -2.26. The Hall–Kier alpha value is -3.49. The van der Waals surface area contributed by atoms with Gasteiger partial charge in [-0.15, -0.1) is 0 Å². The highest BCUT2D eigenvalue weighted by Gasteiger charge is 2.20. The van der Waals surface area contributed by atoms with Crippen molar-refractivity contribution in [1.29, 1.82) is 0 Å². The quantitative estimate of drug-likeness (QED) is 0.557. The number of nitrogens with zero attached hydrogens (tertiary/aromatic N) is 1. The third kappa shape index (κ3) is 6.74. The Labute approximate surface area is 193 Å². The van der Waals surface area contributed by atoms with Crippen molar-refractivity contribution in [1.82, 2.24) is 4.90 Å². The normalized spacial score (nSPS) is 13.3.